The zero-order valence-corrected chi connectivity index (χ0v) is 19.2. The molecule has 172 valence electrons. The Kier molecular flexibility index (Phi) is 6.42. The van der Waals surface area contributed by atoms with Crippen LogP contribution in [0.5, 0.6) is 5.75 Å². The molecular formula is C26H26F2N2O2S. The fourth-order valence-corrected chi connectivity index (χ4v) is 5.41. The zero-order chi connectivity index (χ0) is 22.8. The molecule has 1 aliphatic carbocycles. The second kappa shape index (κ2) is 9.61. The molecule has 2 heterocycles. The van der Waals surface area contributed by atoms with E-state index in [2.05, 4.69) is 12.1 Å². The zero-order valence-electron chi connectivity index (χ0n) is 18.4. The summed E-state index contributed by atoms with van der Waals surface area (Å²) in [4.78, 5) is 17.5. The molecule has 7 heteroatoms. The number of thiophene rings is 1. The molecule has 3 aromatic rings. The van der Waals surface area contributed by atoms with E-state index in [4.69, 9.17) is 4.74 Å². The Bertz CT molecular complexity index is 1150. The van der Waals surface area contributed by atoms with Crippen LogP contribution in [-0.2, 0) is 26.0 Å². The molecule has 0 N–H and O–H groups in total. The van der Waals surface area contributed by atoms with Crippen molar-refractivity contribution >= 4 is 17.2 Å². The summed E-state index contributed by atoms with van der Waals surface area (Å²) in [5, 5.41) is 1.98. The van der Waals surface area contributed by atoms with E-state index in [0.29, 0.717) is 49.8 Å². The van der Waals surface area contributed by atoms with Crippen LogP contribution in [0.2, 0.25) is 0 Å². The van der Waals surface area contributed by atoms with Crippen LogP contribution in [-0.4, -0.2) is 41.9 Å². The summed E-state index contributed by atoms with van der Waals surface area (Å²) in [6, 6.07) is 12.5. The van der Waals surface area contributed by atoms with Gasteiger partial charge in [-0.2, -0.15) is 0 Å². The number of ether oxygens (including phenoxy) is 1. The highest BCUT2D eigenvalue weighted by molar-refractivity contribution is 7.12. The van der Waals surface area contributed by atoms with Crippen molar-refractivity contribution in [1.29, 1.82) is 0 Å². The van der Waals surface area contributed by atoms with Crippen LogP contribution in [0, 0.1) is 11.6 Å². The highest BCUT2D eigenvalue weighted by atomic mass is 32.1. The van der Waals surface area contributed by atoms with Crippen LogP contribution < -0.4 is 4.74 Å². The van der Waals surface area contributed by atoms with Gasteiger partial charge in [-0.05, 0) is 60.0 Å². The lowest BCUT2D eigenvalue weighted by Gasteiger charge is -2.34. The van der Waals surface area contributed by atoms with Crippen molar-refractivity contribution in [3.63, 3.8) is 0 Å². The minimum absolute atomic E-state index is 0.0142. The summed E-state index contributed by atoms with van der Waals surface area (Å²) >= 11 is 1.44. The van der Waals surface area contributed by atoms with Crippen LogP contribution in [0.4, 0.5) is 8.78 Å². The minimum atomic E-state index is -0.824. The molecule has 0 unspecified atom stereocenters. The summed E-state index contributed by atoms with van der Waals surface area (Å²) in [5.74, 6) is -0.722. The molecule has 1 saturated heterocycles. The van der Waals surface area contributed by atoms with Crippen LogP contribution >= 0.6 is 11.3 Å². The van der Waals surface area contributed by atoms with Crippen LogP contribution in [0.15, 0.2) is 47.8 Å². The summed E-state index contributed by atoms with van der Waals surface area (Å²) in [6.45, 7) is 3.16. The van der Waals surface area contributed by atoms with Gasteiger partial charge in [-0.1, -0.05) is 18.2 Å². The molecule has 0 saturated carbocycles. The van der Waals surface area contributed by atoms with Gasteiger partial charge >= 0.3 is 0 Å². The third-order valence-corrected chi connectivity index (χ3v) is 7.39. The van der Waals surface area contributed by atoms with E-state index < -0.39 is 11.6 Å². The number of benzene rings is 2. The number of aryl methyl sites for hydroxylation is 2. The lowest BCUT2D eigenvalue weighted by atomic mass is 10.1. The van der Waals surface area contributed by atoms with E-state index in [-0.39, 0.29) is 5.91 Å². The number of nitrogens with zero attached hydrogens (tertiary/aromatic N) is 2. The number of hydrogen-bond donors (Lipinski definition) is 0. The third-order valence-electron chi connectivity index (χ3n) is 6.43. The van der Waals surface area contributed by atoms with Gasteiger partial charge in [0, 0.05) is 43.9 Å². The second-order valence-corrected chi connectivity index (χ2v) is 9.58. The number of carbonyl (C=O) groups is 1. The van der Waals surface area contributed by atoms with Crippen molar-refractivity contribution in [2.45, 2.75) is 32.4 Å². The first-order valence-electron chi connectivity index (χ1n) is 11.3. The van der Waals surface area contributed by atoms with Crippen molar-refractivity contribution in [3.05, 3.63) is 86.6 Å². The first kappa shape index (κ1) is 22.0. The van der Waals surface area contributed by atoms with Gasteiger partial charge in [-0.3, -0.25) is 9.69 Å². The molecular weight excluding hydrogens is 442 g/mol. The van der Waals surface area contributed by atoms with E-state index in [1.54, 1.807) is 6.07 Å². The molecule has 1 amide bonds. The maximum absolute atomic E-state index is 13.9. The van der Waals surface area contributed by atoms with Crippen LogP contribution in [0.25, 0.3) is 0 Å². The molecule has 0 radical (unpaired) electrons. The van der Waals surface area contributed by atoms with E-state index >= 15 is 0 Å². The predicted octanol–water partition coefficient (Wildman–Crippen LogP) is 5.05. The topological polar surface area (TPSA) is 32.8 Å². The molecule has 5 rings (SSSR count). The number of carbonyl (C=O) groups excluding carboxylic acids is 1. The van der Waals surface area contributed by atoms with E-state index in [1.807, 2.05) is 27.3 Å². The van der Waals surface area contributed by atoms with E-state index in [0.717, 1.165) is 30.2 Å². The average molecular weight is 469 g/mol. The van der Waals surface area contributed by atoms with Crippen LogP contribution in [0.3, 0.4) is 0 Å². The molecule has 1 aliphatic heterocycles. The molecule has 0 spiro atoms. The number of amides is 1. The molecule has 2 aromatic carbocycles. The lowest BCUT2D eigenvalue weighted by molar-refractivity contribution is 0.0631. The van der Waals surface area contributed by atoms with Gasteiger partial charge in [0.25, 0.3) is 5.91 Å². The smallest absolute Gasteiger partial charge is 0.264 e. The summed E-state index contributed by atoms with van der Waals surface area (Å²) in [6.07, 6.45) is 3.49. The number of rotatable bonds is 6. The van der Waals surface area contributed by atoms with Gasteiger partial charge in [0.15, 0.2) is 11.6 Å². The van der Waals surface area contributed by atoms with Gasteiger partial charge in [0.05, 0.1) is 4.88 Å². The molecule has 1 fully saturated rings. The van der Waals surface area contributed by atoms with Gasteiger partial charge < -0.3 is 9.64 Å². The average Bonchev–Trinajstić information content (AvgIpc) is 3.50. The quantitative estimate of drug-likeness (QED) is 0.508. The van der Waals surface area contributed by atoms with Crippen molar-refractivity contribution in [2.75, 3.05) is 26.2 Å². The Morgan fingerprint density at radius 2 is 1.82 bits per heavy atom. The Labute approximate surface area is 196 Å². The Balaban J connectivity index is 1.13. The second-order valence-electron chi connectivity index (χ2n) is 8.67. The largest absolute Gasteiger partial charge is 0.489 e. The summed E-state index contributed by atoms with van der Waals surface area (Å²) in [5.41, 5.74) is 4.14. The first-order chi connectivity index (χ1) is 16.1. The SMILES string of the molecule is O=C(c1cc(COc2ccc3c(c2)CCC3)cs1)N1CCN(Cc2cccc(F)c2F)CC1. The molecule has 1 aromatic heterocycles. The maximum atomic E-state index is 13.9. The van der Waals surface area contributed by atoms with Gasteiger partial charge in [-0.25, -0.2) is 8.78 Å². The van der Waals surface area contributed by atoms with Gasteiger partial charge in [-0.15, -0.1) is 11.3 Å². The van der Waals surface area contributed by atoms with Crippen molar-refractivity contribution in [2.24, 2.45) is 0 Å². The molecule has 33 heavy (non-hydrogen) atoms. The fraction of sp³-hybridized carbons (Fsp3) is 0.346. The highest BCUT2D eigenvalue weighted by Gasteiger charge is 2.24. The van der Waals surface area contributed by atoms with Gasteiger partial charge in [0.2, 0.25) is 0 Å². The molecule has 4 nitrogen and oxygen atoms in total. The van der Waals surface area contributed by atoms with Crippen molar-refractivity contribution < 1.29 is 18.3 Å². The van der Waals surface area contributed by atoms with E-state index in [9.17, 15) is 13.6 Å². The normalized spacial score (nSPS) is 16.1. The third kappa shape index (κ3) is 4.94. The van der Waals surface area contributed by atoms with Gasteiger partial charge in [0.1, 0.15) is 12.4 Å². The number of piperazine rings is 1. The van der Waals surface area contributed by atoms with Crippen molar-refractivity contribution in [1.82, 2.24) is 9.80 Å². The monoisotopic (exact) mass is 468 g/mol. The molecule has 2 aliphatic rings. The number of halogens is 2. The fourth-order valence-electron chi connectivity index (χ4n) is 4.54. The Hall–Kier alpha value is -2.77. The molecule has 0 atom stereocenters. The van der Waals surface area contributed by atoms with Crippen LogP contribution in [0.1, 0.15) is 38.3 Å². The first-order valence-corrected chi connectivity index (χ1v) is 12.2. The summed E-state index contributed by atoms with van der Waals surface area (Å²) in [7, 11) is 0. The van der Waals surface area contributed by atoms with E-state index in [1.165, 1.54) is 35.0 Å². The number of fused-ring (bicyclic) bond motifs is 1. The number of hydrogen-bond acceptors (Lipinski definition) is 4. The molecule has 0 bridgehead atoms. The highest BCUT2D eigenvalue weighted by Crippen LogP contribution is 2.27. The maximum Gasteiger partial charge on any atom is 0.264 e. The van der Waals surface area contributed by atoms with Crippen molar-refractivity contribution in [3.8, 4) is 5.75 Å². The Morgan fingerprint density at radius 3 is 2.67 bits per heavy atom. The predicted molar refractivity (Wildman–Crippen MR) is 125 cm³/mol. The minimum Gasteiger partial charge on any atom is -0.489 e. The summed E-state index contributed by atoms with van der Waals surface area (Å²) < 4.78 is 33.3. The lowest BCUT2D eigenvalue weighted by Crippen LogP contribution is -2.48. The Morgan fingerprint density at radius 1 is 1.00 bits per heavy atom. The standard InChI is InChI=1S/C26H26F2N2O2S/c27-23-6-2-5-21(25(23)28)15-29-9-11-30(12-10-29)26(31)24-13-18(17-33-24)16-32-22-8-7-19-3-1-4-20(19)14-22/h2,5-8,13-14,17H,1,3-4,9-12,15-16H2.